The Bertz CT molecular complexity index is 531. The normalized spacial score (nSPS) is 16.6. The molecule has 0 aromatic heterocycles. The molecule has 1 heterocycles. The van der Waals surface area contributed by atoms with Crippen LogP contribution in [0.2, 0.25) is 0 Å². The Balaban J connectivity index is 2.04. The molecule has 1 aliphatic rings. The van der Waals surface area contributed by atoms with E-state index < -0.39 is 8.45 Å². The van der Waals surface area contributed by atoms with Crippen LogP contribution in [0.4, 0.5) is 0 Å². The first kappa shape index (κ1) is 17.9. The van der Waals surface area contributed by atoms with Crippen LogP contribution in [-0.4, -0.2) is 20.4 Å². The van der Waals surface area contributed by atoms with E-state index in [4.69, 9.17) is 4.52 Å². The van der Waals surface area contributed by atoms with Crippen LogP contribution in [0, 0.1) is 0 Å². The maximum absolute atomic E-state index is 6.18. The molecule has 0 unspecified atom stereocenters. The van der Waals surface area contributed by atoms with Crippen molar-refractivity contribution in [1.29, 1.82) is 0 Å². The van der Waals surface area contributed by atoms with E-state index in [1.165, 1.54) is 5.56 Å². The monoisotopic (exact) mass is 332 g/mol. The number of nitrogens with zero attached hydrogens (tertiary/aromatic N) is 2. The van der Waals surface area contributed by atoms with Crippen LogP contribution in [0.3, 0.4) is 0 Å². The van der Waals surface area contributed by atoms with Gasteiger partial charge in [0.1, 0.15) is 0 Å². The van der Waals surface area contributed by atoms with Crippen molar-refractivity contribution >= 4 is 8.45 Å². The molecule has 0 fully saturated rings. The highest BCUT2D eigenvalue weighted by atomic mass is 31.2. The molecule has 0 bridgehead atoms. The summed E-state index contributed by atoms with van der Waals surface area (Å²) in [5.41, 5.74) is 1.37. The van der Waals surface area contributed by atoms with E-state index in [1.807, 2.05) is 12.3 Å². The van der Waals surface area contributed by atoms with Crippen molar-refractivity contribution in [3.8, 4) is 0 Å². The molecule has 23 heavy (non-hydrogen) atoms. The lowest BCUT2D eigenvalue weighted by atomic mass is 10.1. The zero-order valence-corrected chi connectivity index (χ0v) is 16.0. The minimum Gasteiger partial charge on any atom is -0.445 e. The molecule has 0 saturated heterocycles. The number of rotatable bonds is 4. The summed E-state index contributed by atoms with van der Waals surface area (Å²) in [6, 6.07) is 10.4. The molecule has 4 heteroatoms. The molecule has 1 aliphatic heterocycles. The van der Waals surface area contributed by atoms with Gasteiger partial charge in [0.2, 0.25) is 0 Å². The van der Waals surface area contributed by atoms with E-state index in [1.54, 1.807) is 0 Å². The summed E-state index contributed by atoms with van der Waals surface area (Å²) < 4.78 is 10.8. The minimum absolute atomic E-state index is 0.0372. The highest BCUT2D eigenvalue weighted by Crippen LogP contribution is 2.56. The van der Waals surface area contributed by atoms with Crippen LogP contribution >= 0.6 is 8.45 Å². The SMILES string of the molecule is CC(C)(C)N1C=CN(C(C)(C)C)P1O/C=C/Cc1ccccc1. The molecule has 0 saturated carbocycles. The number of allylic oxidation sites excluding steroid dienone is 1. The maximum atomic E-state index is 6.18. The highest BCUT2D eigenvalue weighted by molar-refractivity contribution is 7.48. The summed E-state index contributed by atoms with van der Waals surface area (Å²) >= 11 is 0. The lowest BCUT2D eigenvalue weighted by molar-refractivity contribution is 0.267. The van der Waals surface area contributed by atoms with Gasteiger partial charge in [-0.15, -0.1) is 0 Å². The zero-order chi connectivity index (χ0) is 17.1. The molecule has 3 nitrogen and oxygen atoms in total. The Morgan fingerprint density at radius 1 is 0.913 bits per heavy atom. The van der Waals surface area contributed by atoms with Crippen LogP contribution in [0.25, 0.3) is 0 Å². The van der Waals surface area contributed by atoms with Gasteiger partial charge in [-0.1, -0.05) is 30.3 Å². The molecule has 126 valence electrons. The Hall–Kier alpha value is -1.47. The fourth-order valence-electron chi connectivity index (χ4n) is 2.30. The highest BCUT2D eigenvalue weighted by Gasteiger charge is 2.40. The summed E-state index contributed by atoms with van der Waals surface area (Å²) in [6.07, 6.45) is 9.16. The van der Waals surface area contributed by atoms with Crippen LogP contribution < -0.4 is 0 Å². The van der Waals surface area contributed by atoms with Crippen molar-refractivity contribution in [3.05, 3.63) is 60.6 Å². The first-order chi connectivity index (χ1) is 10.7. The zero-order valence-electron chi connectivity index (χ0n) is 15.2. The molecule has 0 spiro atoms. The van der Waals surface area contributed by atoms with E-state index in [9.17, 15) is 0 Å². The standard InChI is InChI=1S/C19H29N2OP/c1-18(2,3)20-14-15-21(19(4,5)6)23(20)22-16-10-13-17-11-8-7-9-12-17/h7-12,14-16H,13H2,1-6H3/b16-10+. The third-order valence-electron chi connectivity index (χ3n) is 3.54. The average Bonchev–Trinajstić information content (AvgIpc) is 2.89. The first-order valence-corrected chi connectivity index (χ1v) is 9.29. The van der Waals surface area contributed by atoms with E-state index in [-0.39, 0.29) is 11.1 Å². The Kier molecular flexibility index (Phi) is 5.41. The van der Waals surface area contributed by atoms with Crippen molar-refractivity contribution in [2.24, 2.45) is 0 Å². The second kappa shape index (κ2) is 6.97. The molecule has 0 aliphatic carbocycles. The predicted octanol–water partition coefficient (Wildman–Crippen LogP) is 5.67. The lowest BCUT2D eigenvalue weighted by Gasteiger charge is -2.42. The Labute approximate surface area is 142 Å². The fourth-order valence-corrected chi connectivity index (χ4v) is 4.28. The van der Waals surface area contributed by atoms with Gasteiger partial charge < -0.3 is 13.9 Å². The summed E-state index contributed by atoms with van der Waals surface area (Å²) in [5, 5.41) is 0. The van der Waals surface area contributed by atoms with Crippen LogP contribution in [0.15, 0.2) is 55.1 Å². The fraction of sp³-hybridized carbons (Fsp3) is 0.474. The van der Waals surface area contributed by atoms with Gasteiger partial charge >= 0.3 is 8.45 Å². The second-order valence-corrected chi connectivity index (χ2v) is 9.33. The van der Waals surface area contributed by atoms with Gasteiger partial charge in [-0.3, -0.25) is 0 Å². The quantitative estimate of drug-likeness (QED) is 0.522. The van der Waals surface area contributed by atoms with Crippen LogP contribution in [0.5, 0.6) is 0 Å². The van der Waals surface area contributed by atoms with Crippen molar-refractivity contribution < 1.29 is 4.52 Å². The molecular formula is C19H29N2OP. The van der Waals surface area contributed by atoms with E-state index >= 15 is 0 Å². The summed E-state index contributed by atoms with van der Waals surface area (Å²) in [6.45, 7) is 13.3. The maximum Gasteiger partial charge on any atom is 0.309 e. The van der Waals surface area contributed by atoms with Crippen molar-refractivity contribution in [2.75, 3.05) is 0 Å². The van der Waals surface area contributed by atoms with Gasteiger partial charge in [-0.25, -0.2) is 0 Å². The van der Waals surface area contributed by atoms with Crippen molar-refractivity contribution in [2.45, 2.75) is 59.0 Å². The molecule has 0 radical (unpaired) electrons. The molecule has 1 aromatic rings. The van der Waals surface area contributed by atoms with Crippen LogP contribution in [-0.2, 0) is 10.9 Å². The van der Waals surface area contributed by atoms with Gasteiger partial charge in [-0.2, -0.15) is 0 Å². The third-order valence-corrected chi connectivity index (χ3v) is 6.05. The van der Waals surface area contributed by atoms with Gasteiger partial charge in [0, 0.05) is 23.5 Å². The summed E-state index contributed by atoms with van der Waals surface area (Å²) in [7, 11) is -0.860. The minimum atomic E-state index is -0.860. The van der Waals surface area contributed by atoms with Gasteiger partial charge in [0.15, 0.2) is 0 Å². The first-order valence-electron chi connectivity index (χ1n) is 8.12. The molecule has 1 aromatic carbocycles. The molecule has 2 rings (SSSR count). The molecular weight excluding hydrogens is 303 g/mol. The molecule has 0 amide bonds. The van der Waals surface area contributed by atoms with Crippen molar-refractivity contribution in [1.82, 2.24) is 9.34 Å². The lowest BCUT2D eigenvalue weighted by Crippen LogP contribution is -2.38. The van der Waals surface area contributed by atoms with Gasteiger partial charge in [-0.05, 0) is 59.6 Å². The third kappa shape index (κ3) is 4.75. The topological polar surface area (TPSA) is 15.7 Å². The number of hydrogen-bond acceptors (Lipinski definition) is 3. The van der Waals surface area contributed by atoms with Gasteiger partial charge in [0.25, 0.3) is 0 Å². The average molecular weight is 332 g/mol. The van der Waals surface area contributed by atoms with Crippen molar-refractivity contribution in [3.63, 3.8) is 0 Å². The van der Waals surface area contributed by atoms with Gasteiger partial charge in [0.05, 0.1) is 6.26 Å². The van der Waals surface area contributed by atoms with E-state index in [2.05, 4.69) is 93.6 Å². The second-order valence-electron chi connectivity index (χ2n) is 7.75. The number of benzene rings is 1. The van der Waals surface area contributed by atoms with E-state index in [0.29, 0.717) is 0 Å². The number of hydrogen-bond donors (Lipinski definition) is 0. The van der Waals surface area contributed by atoms with E-state index in [0.717, 1.165) is 6.42 Å². The smallest absolute Gasteiger partial charge is 0.309 e. The molecule has 0 atom stereocenters. The Morgan fingerprint density at radius 3 is 1.91 bits per heavy atom. The summed E-state index contributed by atoms with van der Waals surface area (Å²) in [4.78, 5) is 0. The molecule has 0 N–H and O–H groups in total. The largest absolute Gasteiger partial charge is 0.445 e. The summed E-state index contributed by atoms with van der Waals surface area (Å²) in [5.74, 6) is 0. The van der Waals surface area contributed by atoms with Crippen LogP contribution in [0.1, 0.15) is 47.1 Å². The predicted molar refractivity (Wildman–Crippen MR) is 99.6 cm³/mol. The Morgan fingerprint density at radius 2 is 1.43 bits per heavy atom.